The fourth-order valence-corrected chi connectivity index (χ4v) is 3.33. The van der Waals surface area contributed by atoms with E-state index in [0.29, 0.717) is 13.0 Å². The van der Waals surface area contributed by atoms with Crippen molar-refractivity contribution in [3.8, 4) is 0 Å². The van der Waals surface area contributed by atoms with Gasteiger partial charge in [-0.3, -0.25) is 4.68 Å². The number of nitrogens with zero attached hydrogens (tertiary/aromatic N) is 3. The molecule has 1 aliphatic heterocycles. The molecular formula is C8H14N4O3S. The van der Waals surface area contributed by atoms with Gasteiger partial charge in [0.15, 0.2) is 5.82 Å². The van der Waals surface area contributed by atoms with Crippen LogP contribution in [0.5, 0.6) is 0 Å². The Morgan fingerprint density at radius 3 is 2.75 bits per heavy atom. The molecule has 1 aliphatic rings. The quantitative estimate of drug-likeness (QED) is 0.679. The Balaban J connectivity index is 2.36. The first kappa shape index (κ1) is 11.4. The predicted molar refractivity (Wildman–Crippen MR) is 57.0 cm³/mol. The molecule has 1 unspecified atom stereocenters. The summed E-state index contributed by atoms with van der Waals surface area (Å²) in [6, 6.07) is 0. The average molecular weight is 246 g/mol. The summed E-state index contributed by atoms with van der Waals surface area (Å²) < 4.78 is 26.8. The lowest BCUT2D eigenvalue weighted by Gasteiger charge is -2.14. The van der Waals surface area contributed by atoms with E-state index >= 15 is 0 Å². The van der Waals surface area contributed by atoms with Crippen LogP contribution in [0.1, 0.15) is 6.42 Å². The van der Waals surface area contributed by atoms with Crippen LogP contribution in [-0.2, 0) is 17.1 Å². The molecule has 2 rings (SSSR count). The van der Waals surface area contributed by atoms with Gasteiger partial charge in [-0.1, -0.05) is 0 Å². The molecule has 1 aromatic heterocycles. The van der Waals surface area contributed by atoms with Crippen molar-refractivity contribution in [2.75, 3.05) is 18.8 Å². The number of β-amino-alcohol motifs (C(OH)–C–C–N with tert-alkyl or cyclic N) is 1. The maximum Gasteiger partial charge on any atom is 0.248 e. The van der Waals surface area contributed by atoms with E-state index in [1.807, 2.05) is 0 Å². The van der Waals surface area contributed by atoms with Gasteiger partial charge in [-0.15, -0.1) is 0 Å². The zero-order valence-electron chi connectivity index (χ0n) is 8.87. The van der Waals surface area contributed by atoms with E-state index in [0.717, 1.165) is 0 Å². The van der Waals surface area contributed by atoms with Crippen molar-refractivity contribution in [3.63, 3.8) is 0 Å². The van der Waals surface area contributed by atoms with Gasteiger partial charge in [0.2, 0.25) is 10.0 Å². The van der Waals surface area contributed by atoms with Gasteiger partial charge in [-0.2, -0.15) is 9.40 Å². The van der Waals surface area contributed by atoms with Crippen LogP contribution in [0.15, 0.2) is 11.1 Å². The van der Waals surface area contributed by atoms with E-state index in [9.17, 15) is 13.5 Å². The van der Waals surface area contributed by atoms with E-state index in [4.69, 9.17) is 5.73 Å². The van der Waals surface area contributed by atoms with E-state index < -0.39 is 16.1 Å². The van der Waals surface area contributed by atoms with Gasteiger partial charge < -0.3 is 10.8 Å². The molecule has 7 nitrogen and oxygen atoms in total. The lowest BCUT2D eigenvalue weighted by Crippen LogP contribution is -2.30. The van der Waals surface area contributed by atoms with Gasteiger partial charge in [-0.25, -0.2) is 8.42 Å². The molecule has 0 aromatic carbocycles. The van der Waals surface area contributed by atoms with Crippen LogP contribution in [-0.4, -0.2) is 46.8 Å². The summed E-state index contributed by atoms with van der Waals surface area (Å²) >= 11 is 0. The number of hydrogen-bond donors (Lipinski definition) is 2. The molecule has 16 heavy (non-hydrogen) atoms. The fraction of sp³-hybridized carbons (Fsp3) is 0.625. The average Bonchev–Trinajstić information content (AvgIpc) is 2.73. The summed E-state index contributed by atoms with van der Waals surface area (Å²) in [5, 5.41) is 13.1. The fourth-order valence-electron chi connectivity index (χ4n) is 1.75. The molecule has 1 saturated heterocycles. The maximum atomic E-state index is 12.1. The van der Waals surface area contributed by atoms with E-state index in [1.165, 1.54) is 15.2 Å². The van der Waals surface area contributed by atoms with Crippen molar-refractivity contribution < 1.29 is 13.5 Å². The molecule has 0 radical (unpaired) electrons. The summed E-state index contributed by atoms with van der Waals surface area (Å²) in [7, 11) is -2.01. The lowest BCUT2D eigenvalue weighted by atomic mass is 10.3. The Hall–Kier alpha value is -1.12. The summed E-state index contributed by atoms with van der Waals surface area (Å²) in [5.74, 6) is -0.0103. The molecule has 0 aliphatic carbocycles. The Kier molecular flexibility index (Phi) is 2.64. The second kappa shape index (κ2) is 3.72. The number of rotatable bonds is 2. The minimum absolute atomic E-state index is 0.00380. The van der Waals surface area contributed by atoms with Gasteiger partial charge in [0.05, 0.1) is 6.10 Å². The highest BCUT2D eigenvalue weighted by Crippen LogP contribution is 2.24. The van der Waals surface area contributed by atoms with E-state index in [-0.39, 0.29) is 17.3 Å². The molecule has 90 valence electrons. The maximum absolute atomic E-state index is 12.1. The highest BCUT2D eigenvalue weighted by Gasteiger charge is 2.33. The summed E-state index contributed by atoms with van der Waals surface area (Å²) in [6.45, 7) is 0.439. The second-order valence-electron chi connectivity index (χ2n) is 3.86. The number of aliphatic hydroxyl groups excluding tert-OH is 1. The van der Waals surface area contributed by atoms with Gasteiger partial charge >= 0.3 is 0 Å². The highest BCUT2D eigenvalue weighted by atomic mass is 32.2. The summed E-state index contributed by atoms with van der Waals surface area (Å²) in [6.07, 6.45) is 1.24. The van der Waals surface area contributed by atoms with Crippen LogP contribution in [0.3, 0.4) is 0 Å². The minimum Gasteiger partial charge on any atom is -0.392 e. The Labute approximate surface area is 93.5 Å². The zero-order chi connectivity index (χ0) is 11.9. The topological polar surface area (TPSA) is 101 Å². The minimum atomic E-state index is -3.62. The normalized spacial score (nSPS) is 22.8. The van der Waals surface area contributed by atoms with Gasteiger partial charge in [-0.05, 0) is 6.42 Å². The van der Waals surface area contributed by atoms with Gasteiger partial charge in [0.25, 0.3) is 0 Å². The number of hydrogen-bond acceptors (Lipinski definition) is 5. The number of nitrogens with two attached hydrogens (primary N) is 1. The smallest absolute Gasteiger partial charge is 0.248 e. The summed E-state index contributed by atoms with van der Waals surface area (Å²) in [4.78, 5) is 0.00380. The van der Waals surface area contributed by atoms with E-state index in [1.54, 1.807) is 7.05 Å². The van der Waals surface area contributed by atoms with Crippen LogP contribution in [0.4, 0.5) is 5.82 Å². The number of sulfonamides is 1. The molecule has 1 fully saturated rings. The Morgan fingerprint density at radius 1 is 1.62 bits per heavy atom. The number of nitrogen functional groups attached to an aromatic ring is 1. The third-order valence-corrected chi connectivity index (χ3v) is 4.45. The van der Waals surface area contributed by atoms with Crippen LogP contribution in [0.25, 0.3) is 0 Å². The molecule has 8 heteroatoms. The Bertz CT molecular complexity index is 495. The van der Waals surface area contributed by atoms with Crippen molar-refractivity contribution in [1.29, 1.82) is 0 Å². The molecule has 0 saturated carbocycles. The molecule has 3 N–H and O–H groups in total. The number of anilines is 1. The first-order valence-corrected chi connectivity index (χ1v) is 6.32. The number of aromatic nitrogens is 2. The molecule has 0 bridgehead atoms. The molecule has 2 heterocycles. The third kappa shape index (κ3) is 1.79. The van der Waals surface area contributed by atoms with Crippen LogP contribution < -0.4 is 5.73 Å². The van der Waals surface area contributed by atoms with Crippen molar-refractivity contribution in [1.82, 2.24) is 14.1 Å². The van der Waals surface area contributed by atoms with Crippen LogP contribution >= 0.6 is 0 Å². The monoisotopic (exact) mass is 246 g/mol. The SMILES string of the molecule is Cn1cc(S(=O)(=O)N2CCC(O)C2)c(N)n1. The first-order valence-electron chi connectivity index (χ1n) is 4.88. The highest BCUT2D eigenvalue weighted by molar-refractivity contribution is 7.89. The third-order valence-electron chi connectivity index (χ3n) is 2.57. The Morgan fingerprint density at radius 2 is 2.31 bits per heavy atom. The molecule has 1 aromatic rings. The van der Waals surface area contributed by atoms with Gasteiger partial charge in [0, 0.05) is 26.3 Å². The zero-order valence-corrected chi connectivity index (χ0v) is 9.68. The standard InChI is InChI=1S/C8H14N4O3S/c1-11-5-7(8(9)10-11)16(14,15)12-3-2-6(13)4-12/h5-6,13H,2-4H2,1H3,(H2,9,10). The lowest BCUT2D eigenvalue weighted by molar-refractivity contribution is 0.189. The molecular weight excluding hydrogens is 232 g/mol. The predicted octanol–water partition coefficient (Wildman–Crippen LogP) is -1.24. The molecule has 0 spiro atoms. The van der Waals surface area contributed by atoms with Crippen molar-refractivity contribution in [3.05, 3.63) is 6.20 Å². The van der Waals surface area contributed by atoms with Crippen molar-refractivity contribution in [2.24, 2.45) is 7.05 Å². The van der Waals surface area contributed by atoms with Crippen molar-refractivity contribution >= 4 is 15.8 Å². The number of aliphatic hydroxyl groups is 1. The van der Waals surface area contributed by atoms with Gasteiger partial charge in [0.1, 0.15) is 4.90 Å². The number of aryl methyl sites for hydroxylation is 1. The summed E-state index contributed by atoms with van der Waals surface area (Å²) in [5.41, 5.74) is 5.53. The second-order valence-corrected chi connectivity index (χ2v) is 5.76. The van der Waals surface area contributed by atoms with Crippen LogP contribution in [0, 0.1) is 0 Å². The van der Waals surface area contributed by atoms with Crippen LogP contribution in [0.2, 0.25) is 0 Å². The largest absolute Gasteiger partial charge is 0.392 e. The van der Waals surface area contributed by atoms with E-state index in [2.05, 4.69) is 5.10 Å². The van der Waals surface area contributed by atoms with Crippen molar-refractivity contribution in [2.45, 2.75) is 17.4 Å². The molecule has 0 amide bonds. The first-order chi connectivity index (χ1) is 7.41. The molecule has 1 atom stereocenters.